The second kappa shape index (κ2) is 6.42. The number of β-lactam (4-membered cyclic amide) rings is 1. The zero-order valence-corrected chi connectivity index (χ0v) is 13.2. The molecule has 1 aliphatic heterocycles. The molecule has 4 nitrogen and oxygen atoms in total. The van der Waals surface area contributed by atoms with Crippen LogP contribution in [0.1, 0.15) is 0 Å². The highest BCUT2D eigenvalue weighted by Crippen LogP contribution is 2.40. The summed E-state index contributed by atoms with van der Waals surface area (Å²) in [5.41, 5.74) is 0.854. The van der Waals surface area contributed by atoms with E-state index < -0.39 is 6.10 Å². The Labute approximate surface area is 134 Å². The molecule has 0 spiro atoms. The average molecular weight is 315 g/mol. The third kappa shape index (κ3) is 2.69. The number of nitrogens with zero attached hydrogens (tertiary/aromatic N) is 1. The Kier molecular flexibility index (Phi) is 4.36. The van der Waals surface area contributed by atoms with Crippen molar-refractivity contribution >= 4 is 23.4 Å². The van der Waals surface area contributed by atoms with Crippen molar-refractivity contribution in [2.24, 2.45) is 0 Å². The molecule has 0 N–H and O–H groups in total. The van der Waals surface area contributed by atoms with Crippen LogP contribution >= 0.6 is 11.8 Å². The maximum absolute atomic E-state index is 12.3. The Hall–Kier alpha value is -1.98. The molecule has 2 atom stereocenters. The van der Waals surface area contributed by atoms with Crippen LogP contribution in [0, 0.1) is 0 Å². The van der Waals surface area contributed by atoms with Crippen LogP contribution in [-0.2, 0) is 9.53 Å². The van der Waals surface area contributed by atoms with Crippen LogP contribution < -0.4 is 9.64 Å². The number of hydrogen-bond donors (Lipinski definition) is 0. The van der Waals surface area contributed by atoms with Crippen molar-refractivity contribution in [3.05, 3.63) is 54.6 Å². The highest BCUT2D eigenvalue weighted by atomic mass is 32.2. The largest absolute Gasteiger partial charge is 0.497 e. The van der Waals surface area contributed by atoms with Gasteiger partial charge >= 0.3 is 0 Å². The second-order valence-corrected chi connectivity index (χ2v) is 6.07. The molecule has 0 bridgehead atoms. The highest BCUT2D eigenvalue weighted by molar-refractivity contribution is 8.00. The maximum atomic E-state index is 12.3. The third-order valence-corrected chi connectivity index (χ3v) is 4.84. The maximum Gasteiger partial charge on any atom is 0.260 e. The van der Waals surface area contributed by atoms with E-state index in [1.165, 1.54) is 0 Å². The number of ether oxygens (including phenoxy) is 2. The molecule has 0 aliphatic carbocycles. The van der Waals surface area contributed by atoms with Gasteiger partial charge in [-0.3, -0.25) is 9.69 Å². The number of carbonyl (C=O) groups excluding carboxylic acids is 1. The molecule has 1 heterocycles. The van der Waals surface area contributed by atoms with Crippen molar-refractivity contribution in [2.75, 3.05) is 19.1 Å². The molecule has 1 amide bonds. The smallest absolute Gasteiger partial charge is 0.260 e. The molecule has 5 heteroatoms. The van der Waals surface area contributed by atoms with Gasteiger partial charge in [-0.15, -0.1) is 0 Å². The normalized spacial score (nSPS) is 20.6. The van der Waals surface area contributed by atoms with E-state index in [0.29, 0.717) is 0 Å². The first kappa shape index (κ1) is 14.9. The summed E-state index contributed by atoms with van der Waals surface area (Å²) in [6.07, 6.45) is -0.410. The Morgan fingerprint density at radius 2 is 1.68 bits per heavy atom. The summed E-state index contributed by atoms with van der Waals surface area (Å²) in [7, 11) is 3.20. The van der Waals surface area contributed by atoms with E-state index in [9.17, 15) is 4.79 Å². The molecule has 0 saturated carbocycles. The van der Waals surface area contributed by atoms with Crippen molar-refractivity contribution in [1.29, 1.82) is 0 Å². The molecule has 22 heavy (non-hydrogen) atoms. The van der Waals surface area contributed by atoms with Crippen LogP contribution in [0.5, 0.6) is 5.75 Å². The van der Waals surface area contributed by atoms with Crippen molar-refractivity contribution < 1.29 is 14.3 Å². The van der Waals surface area contributed by atoms with E-state index in [1.807, 2.05) is 54.6 Å². The Morgan fingerprint density at radius 1 is 1.00 bits per heavy atom. The molecular weight excluding hydrogens is 298 g/mol. The standard InChI is InChI=1S/C17H17NO3S/c1-20-13-10-8-12(9-11-13)18-16(19)15(21-2)17(18)22-14-6-4-3-5-7-14/h3-11,15,17H,1-2H3/t15-,17-/m0/s1. The summed E-state index contributed by atoms with van der Waals surface area (Å²) in [5.74, 6) is 0.758. The fourth-order valence-corrected chi connectivity index (χ4v) is 3.70. The van der Waals surface area contributed by atoms with Gasteiger partial charge in [-0.25, -0.2) is 0 Å². The summed E-state index contributed by atoms with van der Waals surface area (Å²) < 4.78 is 10.5. The van der Waals surface area contributed by atoms with Crippen molar-refractivity contribution in [3.8, 4) is 5.75 Å². The molecule has 3 rings (SSSR count). The lowest BCUT2D eigenvalue weighted by Gasteiger charge is -2.45. The highest BCUT2D eigenvalue weighted by Gasteiger charge is 2.49. The molecule has 0 radical (unpaired) electrons. The number of thioether (sulfide) groups is 1. The fourth-order valence-electron chi connectivity index (χ4n) is 2.42. The summed E-state index contributed by atoms with van der Waals surface area (Å²) in [6, 6.07) is 17.5. The zero-order valence-electron chi connectivity index (χ0n) is 12.4. The van der Waals surface area contributed by atoms with Gasteiger partial charge in [-0.05, 0) is 36.4 Å². The molecular formula is C17H17NO3S. The van der Waals surface area contributed by atoms with Gasteiger partial charge in [-0.2, -0.15) is 0 Å². The van der Waals surface area contributed by atoms with E-state index in [1.54, 1.807) is 30.9 Å². The molecule has 0 aromatic heterocycles. The minimum atomic E-state index is -0.410. The summed E-state index contributed by atoms with van der Waals surface area (Å²) >= 11 is 1.63. The molecule has 2 aromatic carbocycles. The molecule has 1 fully saturated rings. The summed E-state index contributed by atoms with van der Waals surface area (Å²) in [6.45, 7) is 0. The second-order valence-electron chi connectivity index (χ2n) is 4.88. The lowest BCUT2D eigenvalue weighted by molar-refractivity contribution is -0.136. The van der Waals surface area contributed by atoms with Gasteiger partial charge in [0.15, 0.2) is 6.10 Å². The number of hydrogen-bond acceptors (Lipinski definition) is 4. The number of methoxy groups -OCH3 is 2. The van der Waals surface area contributed by atoms with Crippen LogP contribution in [0.4, 0.5) is 5.69 Å². The first-order chi connectivity index (χ1) is 10.7. The topological polar surface area (TPSA) is 38.8 Å². The molecule has 1 saturated heterocycles. The molecule has 114 valence electrons. The van der Waals surface area contributed by atoms with E-state index in [0.717, 1.165) is 16.3 Å². The SMILES string of the molecule is COc1ccc(N2C(=O)[C@H](OC)[C@@H]2Sc2ccccc2)cc1. The molecule has 1 aliphatic rings. The predicted octanol–water partition coefficient (Wildman–Crippen LogP) is 3.18. The average Bonchev–Trinajstić information content (AvgIpc) is 2.56. The van der Waals surface area contributed by atoms with Crippen molar-refractivity contribution in [2.45, 2.75) is 16.4 Å². The van der Waals surface area contributed by atoms with Gasteiger partial charge in [0.2, 0.25) is 0 Å². The Bertz CT molecular complexity index is 645. The van der Waals surface area contributed by atoms with Crippen LogP contribution in [0.2, 0.25) is 0 Å². The molecule has 0 unspecified atom stereocenters. The summed E-state index contributed by atoms with van der Waals surface area (Å²) in [4.78, 5) is 15.2. The number of carbonyl (C=O) groups is 1. The van der Waals surface area contributed by atoms with Crippen LogP contribution in [0.15, 0.2) is 59.5 Å². The lowest BCUT2D eigenvalue weighted by Crippen LogP contribution is -2.64. The predicted molar refractivity (Wildman–Crippen MR) is 87.4 cm³/mol. The van der Waals surface area contributed by atoms with Gasteiger partial charge in [-0.1, -0.05) is 30.0 Å². The van der Waals surface area contributed by atoms with Gasteiger partial charge in [0.25, 0.3) is 5.91 Å². The fraction of sp³-hybridized carbons (Fsp3) is 0.235. The Balaban J connectivity index is 1.83. The summed E-state index contributed by atoms with van der Waals surface area (Å²) in [5, 5.41) is -0.0618. The van der Waals surface area contributed by atoms with E-state index in [2.05, 4.69) is 0 Å². The lowest BCUT2D eigenvalue weighted by atomic mass is 10.1. The minimum absolute atomic E-state index is 0.0129. The van der Waals surface area contributed by atoms with Gasteiger partial charge < -0.3 is 9.47 Å². The first-order valence-electron chi connectivity index (χ1n) is 6.96. The van der Waals surface area contributed by atoms with E-state index in [-0.39, 0.29) is 11.3 Å². The van der Waals surface area contributed by atoms with Gasteiger partial charge in [0.1, 0.15) is 11.1 Å². The molecule has 2 aromatic rings. The Morgan fingerprint density at radius 3 is 2.27 bits per heavy atom. The van der Waals surface area contributed by atoms with E-state index >= 15 is 0 Å². The number of anilines is 1. The number of rotatable bonds is 5. The number of amides is 1. The quantitative estimate of drug-likeness (QED) is 0.795. The van der Waals surface area contributed by atoms with Gasteiger partial charge in [0, 0.05) is 17.7 Å². The van der Waals surface area contributed by atoms with Crippen molar-refractivity contribution in [3.63, 3.8) is 0 Å². The minimum Gasteiger partial charge on any atom is -0.497 e. The third-order valence-electron chi connectivity index (χ3n) is 3.60. The van der Waals surface area contributed by atoms with Gasteiger partial charge in [0.05, 0.1) is 7.11 Å². The number of benzene rings is 2. The first-order valence-corrected chi connectivity index (χ1v) is 7.84. The van der Waals surface area contributed by atoms with Crippen LogP contribution in [0.3, 0.4) is 0 Å². The van der Waals surface area contributed by atoms with Crippen molar-refractivity contribution in [1.82, 2.24) is 0 Å². The van der Waals surface area contributed by atoms with Crippen LogP contribution in [-0.4, -0.2) is 31.6 Å². The van der Waals surface area contributed by atoms with Crippen LogP contribution in [0.25, 0.3) is 0 Å². The van der Waals surface area contributed by atoms with E-state index in [4.69, 9.17) is 9.47 Å². The monoisotopic (exact) mass is 315 g/mol. The zero-order chi connectivity index (χ0) is 15.5.